The number of halogens is 1. The number of methoxy groups -OCH3 is 1. The lowest BCUT2D eigenvalue weighted by Crippen LogP contribution is -2.35. The molecule has 0 aromatic heterocycles. The lowest BCUT2D eigenvalue weighted by Gasteiger charge is -2.29. The molecule has 7 heteroatoms. The van der Waals surface area contributed by atoms with E-state index in [1.807, 2.05) is 0 Å². The van der Waals surface area contributed by atoms with Gasteiger partial charge in [-0.2, -0.15) is 0 Å². The second-order valence-corrected chi connectivity index (χ2v) is 7.11. The highest BCUT2D eigenvalue weighted by atomic mass is 35.5. The van der Waals surface area contributed by atoms with Crippen molar-refractivity contribution in [3.05, 3.63) is 29.8 Å². The number of sulfone groups is 1. The van der Waals surface area contributed by atoms with Crippen LogP contribution in [0.3, 0.4) is 0 Å². The second-order valence-electron chi connectivity index (χ2n) is 5.09. The topological polar surface area (TPSA) is 72.5 Å². The van der Waals surface area contributed by atoms with Gasteiger partial charge in [-0.15, -0.1) is 12.4 Å². The molecule has 2 rings (SSSR count). The zero-order chi connectivity index (χ0) is 14.8. The summed E-state index contributed by atoms with van der Waals surface area (Å²) in [6.07, 6.45) is 2.63. The van der Waals surface area contributed by atoms with Crippen LogP contribution in [-0.4, -0.2) is 34.3 Å². The van der Waals surface area contributed by atoms with E-state index in [0.717, 1.165) is 18.5 Å². The molecule has 0 radical (unpaired) electrons. The summed E-state index contributed by atoms with van der Waals surface area (Å²) in [6.45, 7) is 0.748. The molecule has 2 unspecified atom stereocenters. The molecule has 1 aliphatic rings. The molecule has 1 fully saturated rings. The van der Waals surface area contributed by atoms with Gasteiger partial charge in [0.25, 0.3) is 0 Å². The van der Waals surface area contributed by atoms with Gasteiger partial charge in [0, 0.05) is 12.3 Å². The number of piperidine rings is 1. The first-order valence-electron chi connectivity index (χ1n) is 6.53. The third-order valence-electron chi connectivity index (χ3n) is 3.65. The molecule has 1 aromatic rings. The average molecular weight is 334 g/mol. The smallest absolute Gasteiger partial charge is 0.308 e. The molecular weight excluding hydrogens is 314 g/mol. The Kier molecular flexibility index (Phi) is 6.19. The molecule has 0 amide bonds. The maximum atomic E-state index is 11.6. The summed E-state index contributed by atoms with van der Waals surface area (Å²) in [5, 5.41) is 3.35. The summed E-state index contributed by atoms with van der Waals surface area (Å²) in [5.74, 6) is -0.273. The molecule has 2 atom stereocenters. The highest BCUT2D eigenvalue weighted by molar-refractivity contribution is 7.90. The van der Waals surface area contributed by atoms with E-state index >= 15 is 0 Å². The molecule has 0 aliphatic carbocycles. The van der Waals surface area contributed by atoms with Crippen molar-refractivity contribution in [2.75, 3.05) is 19.9 Å². The standard InChI is InChI=1S/C14H19NO4S.ClH/c1-19-14(16)11-7-8-15-13(9-11)10-3-5-12(6-4-10)20(2,17)18;/h3-6,11,13,15H,7-9H2,1-2H3;1H. The van der Waals surface area contributed by atoms with Crippen LogP contribution in [0.25, 0.3) is 0 Å². The molecule has 21 heavy (non-hydrogen) atoms. The zero-order valence-electron chi connectivity index (χ0n) is 12.0. The van der Waals surface area contributed by atoms with E-state index in [0.29, 0.717) is 11.3 Å². The average Bonchev–Trinajstić information content (AvgIpc) is 2.46. The van der Waals surface area contributed by atoms with Gasteiger partial charge in [0.1, 0.15) is 0 Å². The van der Waals surface area contributed by atoms with Crippen LogP contribution in [0.4, 0.5) is 0 Å². The first-order chi connectivity index (χ1) is 9.41. The Bertz CT molecular complexity index is 585. The Balaban J connectivity index is 0.00000220. The molecular formula is C14H20ClNO4S. The Hall–Kier alpha value is -1.11. The highest BCUT2D eigenvalue weighted by Gasteiger charge is 2.28. The summed E-state index contributed by atoms with van der Waals surface area (Å²) < 4.78 is 27.6. The van der Waals surface area contributed by atoms with Gasteiger partial charge in [-0.25, -0.2) is 8.42 Å². The van der Waals surface area contributed by atoms with Crippen molar-refractivity contribution in [3.8, 4) is 0 Å². The second kappa shape index (κ2) is 7.24. The fourth-order valence-electron chi connectivity index (χ4n) is 2.50. The SMILES string of the molecule is COC(=O)C1CCNC(c2ccc(S(C)(=O)=O)cc2)C1.Cl. The van der Waals surface area contributed by atoms with E-state index in [2.05, 4.69) is 5.32 Å². The Labute approximate surface area is 131 Å². The molecule has 1 aliphatic heterocycles. The fraction of sp³-hybridized carbons (Fsp3) is 0.500. The normalized spacial score (nSPS) is 22.2. The Morgan fingerprint density at radius 2 is 1.90 bits per heavy atom. The van der Waals surface area contributed by atoms with Crippen LogP contribution in [-0.2, 0) is 19.4 Å². The summed E-state index contributed by atoms with van der Waals surface area (Å²) in [4.78, 5) is 11.9. The first kappa shape index (κ1) is 17.9. The molecule has 1 aromatic carbocycles. The fourth-order valence-corrected chi connectivity index (χ4v) is 3.13. The molecule has 1 N–H and O–H groups in total. The predicted octanol–water partition coefficient (Wildman–Crippen LogP) is 1.73. The van der Waals surface area contributed by atoms with E-state index < -0.39 is 9.84 Å². The summed E-state index contributed by atoms with van der Waals surface area (Å²) >= 11 is 0. The highest BCUT2D eigenvalue weighted by Crippen LogP contribution is 2.28. The van der Waals surface area contributed by atoms with Crippen molar-refractivity contribution in [3.63, 3.8) is 0 Å². The summed E-state index contributed by atoms with van der Waals surface area (Å²) in [5.41, 5.74) is 0.992. The van der Waals surface area contributed by atoms with Crippen LogP contribution in [0.2, 0.25) is 0 Å². The first-order valence-corrected chi connectivity index (χ1v) is 8.42. The van der Waals surface area contributed by atoms with Gasteiger partial charge in [0.2, 0.25) is 0 Å². The van der Waals surface area contributed by atoms with Crippen LogP contribution < -0.4 is 5.32 Å². The van der Waals surface area contributed by atoms with Gasteiger partial charge in [-0.3, -0.25) is 4.79 Å². The van der Waals surface area contributed by atoms with Gasteiger partial charge >= 0.3 is 5.97 Å². The van der Waals surface area contributed by atoms with E-state index in [4.69, 9.17) is 4.74 Å². The third-order valence-corrected chi connectivity index (χ3v) is 4.78. The van der Waals surface area contributed by atoms with Crippen molar-refractivity contribution in [2.24, 2.45) is 5.92 Å². The number of hydrogen-bond donors (Lipinski definition) is 1. The number of hydrogen-bond acceptors (Lipinski definition) is 5. The Morgan fingerprint density at radius 3 is 2.43 bits per heavy atom. The summed E-state index contributed by atoms with van der Waals surface area (Å²) in [7, 11) is -1.77. The number of rotatable bonds is 3. The van der Waals surface area contributed by atoms with Gasteiger partial charge in [0.15, 0.2) is 9.84 Å². The van der Waals surface area contributed by atoms with Crippen molar-refractivity contribution in [1.29, 1.82) is 0 Å². The van der Waals surface area contributed by atoms with Crippen LogP contribution in [0.15, 0.2) is 29.2 Å². The van der Waals surface area contributed by atoms with Crippen LogP contribution in [0.5, 0.6) is 0 Å². The maximum absolute atomic E-state index is 11.6. The predicted molar refractivity (Wildman–Crippen MR) is 82.3 cm³/mol. The van der Waals surface area contributed by atoms with Crippen molar-refractivity contribution >= 4 is 28.2 Å². The third kappa shape index (κ3) is 4.43. The number of nitrogens with one attached hydrogen (secondary N) is 1. The van der Waals surface area contributed by atoms with Gasteiger partial charge < -0.3 is 10.1 Å². The van der Waals surface area contributed by atoms with Crippen LogP contribution >= 0.6 is 12.4 Å². The van der Waals surface area contributed by atoms with Crippen molar-refractivity contribution in [1.82, 2.24) is 5.32 Å². The zero-order valence-corrected chi connectivity index (χ0v) is 13.7. The van der Waals surface area contributed by atoms with Crippen LogP contribution in [0, 0.1) is 5.92 Å². The largest absolute Gasteiger partial charge is 0.469 e. The number of ether oxygens (including phenoxy) is 1. The quantitative estimate of drug-likeness (QED) is 0.853. The number of carbonyl (C=O) groups excluding carboxylic acids is 1. The molecule has 0 bridgehead atoms. The lowest BCUT2D eigenvalue weighted by atomic mass is 9.89. The minimum atomic E-state index is -3.17. The van der Waals surface area contributed by atoms with Crippen molar-refractivity contribution in [2.45, 2.75) is 23.8 Å². The van der Waals surface area contributed by atoms with E-state index in [9.17, 15) is 13.2 Å². The molecule has 1 heterocycles. The van der Waals surface area contributed by atoms with Gasteiger partial charge in [-0.05, 0) is 37.1 Å². The van der Waals surface area contributed by atoms with Crippen LogP contribution in [0.1, 0.15) is 24.4 Å². The van der Waals surface area contributed by atoms with Gasteiger partial charge in [-0.1, -0.05) is 12.1 Å². The molecule has 0 saturated carbocycles. The lowest BCUT2D eigenvalue weighted by molar-refractivity contribution is -0.146. The molecule has 5 nitrogen and oxygen atoms in total. The minimum Gasteiger partial charge on any atom is -0.469 e. The van der Waals surface area contributed by atoms with Crippen molar-refractivity contribution < 1.29 is 17.9 Å². The molecule has 0 spiro atoms. The monoisotopic (exact) mass is 333 g/mol. The van der Waals surface area contributed by atoms with E-state index in [1.165, 1.54) is 13.4 Å². The number of carbonyl (C=O) groups is 1. The maximum Gasteiger partial charge on any atom is 0.308 e. The molecule has 1 saturated heterocycles. The number of benzene rings is 1. The summed E-state index contributed by atoms with van der Waals surface area (Å²) in [6, 6.07) is 6.87. The number of esters is 1. The Morgan fingerprint density at radius 1 is 1.29 bits per heavy atom. The van der Waals surface area contributed by atoms with E-state index in [1.54, 1.807) is 24.3 Å². The minimum absolute atomic E-state index is 0. The van der Waals surface area contributed by atoms with Gasteiger partial charge in [0.05, 0.1) is 17.9 Å². The molecule has 118 valence electrons. The van der Waals surface area contributed by atoms with E-state index in [-0.39, 0.29) is 30.3 Å².